The Labute approximate surface area is 203 Å². The van der Waals surface area contributed by atoms with E-state index in [1.807, 2.05) is 17.9 Å². The number of anilines is 3. The average molecular weight is 455 g/mol. The van der Waals surface area contributed by atoms with Crippen molar-refractivity contribution >= 4 is 23.0 Å². The van der Waals surface area contributed by atoms with E-state index >= 15 is 0 Å². The molecule has 2 aliphatic rings. The first-order valence-electron chi connectivity index (χ1n) is 12.4. The summed E-state index contributed by atoms with van der Waals surface area (Å²) in [6, 6.07) is 27.2. The molecule has 0 radical (unpaired) electrons. The smallest absolute Gasteiger partial charge is 0.249 e. The molecule has 1 atom stereocenters. The van der Waals surface area contributed by atoms with Crippen molar-refractivity contribution in [3.63, 3.8) is 0 Å². The van der Waals surface area contributed by atoms with Crippen LogP contribution < -0.4 is 15.1 Å². The summed E-state index contributed by atoms with van der Waals surface area (Å²) in [4.78, 5) is 20.1. The molecular formula is C29H34N4O. The van der Waals surface area contributed by atoms with E-state index in [-0.39, 0.29) is 11.9 Å². The predicted octanol–water partition coefficient (Wildman–Crippen LogP) is 4.79. The number of benzene rings is 3. The molecule has 0 spiro atoms. The molecule has 1 saturated heterocycles. The minimum absolute atomic E-state index is 0.130. The summed E-state index contributed by atoms with van der Waals surface area (Å²) in [6.45, 7) is 7.96. The van der Waals surface area contributed by atoms with Gasteiger partial charge in [-0.3, -0.25) is 9.69 Å². The number of amides is 1. The third kappa shape index (κ3) is 5.10. The van der Waals surface area contributed by atoms with Crippen LogP contribution in [-0.2, 0) is 17.8 Å². The molecule has 5 heteroatoms. The Hall–Kier alpha value is -3.31. The molecule has 0 bridgehead atoms. The number of hydrogen-bond acceptors (Lipinski definition) is 4. The zero-order chi connectivity index (χ0) is 23.3. The zero-order valence-electron chi connectivity index (χ0n) is 20.0. The molecule has 3 aromatic carbocycles. The van der Waals surface area contributed by atoms with Crippen molar-refractivity contribution in [1.82, 2.24) is 4.90 Å². The van der Waals surface area contributed by atoms with Gasteiger partial charge in [0, 0.05) is 56.3 Å². The SMILES string of the molecule is CC(Nc1ccc(N2CCN(Cc3ccccc3)CC2)cc1)C(=O)N1CCCc2ccccc21. The van der Waals surface area contributed by atoms with Gasteiger partial charge in [0.2, 0.25) is 5.91 Å². The largest absolute Gasteiger partial charge is 0.374 e. The molecule has 3 aromatic rings. The highest BCUT2D eigenvalue weighted by molar-refractivity contribution is 5.99. The van der Waals surface area contributed by atoms with Crippen molar-refractivity contribution in [2.45, 2.75) is 32.4 Å². The number of hydrogen-bond donors (Lipinski definition) is 1. The Morgan fingerprint density at radius 3 is 2.32 bits per heavy atom. The lowest BCUT2D eigenvalue weighted by Gasteiger charge is -2.36. The van der Waals surface area contributed by atoms with Crippen LogP contribution in [0.5, 0.6) is 0 Å². The van der Waals surface area contributed by atoms with E-state index in [0.29, 0.717) is 0 Å². The first kappa shape index (κ1) is 22.5. The third-order valence-electron chi connectivity index (χ3n) is 6.98. The maximum atomic E-state index is 13.2. The molecule has 1 amide bonds. The van der Waals surface area contributed by atoms with Gasteiger partial charge in [0.15, 0.2) is 0 Å². The second kappa shape index (κ2) is 10.3. The molecule has 0 aliphatic carbocycles. The summed E-state index contributed by atoms with van der Waals surface area (Å²) < 4.78 is 0. The first-order chi connectivity index (χ1) is 16.7. The van der Waals surface area contributed by atoms with Crippen molar-refractivity contribution in [2.24, 2.45) is 0 Å². The molecule has 1 fully saturated rings. The number of aryl methyl sites for hydroxylation is 1. The molecule has 0 aromatic heterocycles. The van der Waals surface area contributed by atoms with E-state index in [2.05, 4.69) is 87.9 Å². The fourth-order valence-electron chi connectivity index (χ4n) is 5.08. The highest BCUT2D eigenvalue weighted by Crippen LogP contribution is 2.28. The van der Waals surface area contributed by atoms with Crippen molar-refractivity contribution < 1.29 is 4.79 Å². The lowest BCUT2D eigenvalue weighted by molar-refractivity contribution is -0.119. The van der Waals surface area contributed by atoms with Crippen LogP contribution in [0.1, 0.15) is 24.5 Å². The highest BCUT2D eigenvalue weighted by Gasteiger charge is 2.26. The van der Waals surface area contributed by atoms with Crippen LogP contribution >= 0.6 is 0 Å². The van der Waals surface area contributed by atoms with Crippen LogP contribution in [0.15, 0.2) is 78.9 Å². The maximum Gasteiger partial charge on any atom is 0.249 e. The highest BCUT2D eigenvalue weighted by atomic mass is 16.2. The van der Waals surface area contributed by atoms with E-state index < -0.39 is 0 Å². The van der Waals surface area contributed by atoms with Crippen LogP contribution in [0.3, 0.4) is 0 Å². The summed E-state index contributed by atoms with van der Waals surface area (Å²) in [7, 11) is 0. The number of rotatable bonds is 6. The van der Waals surface area contributed by atoms with Gasteiger partial charge in [-0.15, -0.1) is 0 Å². The van der Waals surface area contributed by atoms with Gasteiger partial charge in [0.25, 0.3) is 0 Å². The molecule has 1 N–H and O–H groups in total. The average Bonchev–Trinajstić information content (AvgIpc) is 2.89. The zero-order valence-corrected chi connectivity index (χ0v) is 20.0. The Balaban J connectivity index is 1.15. The van der Waals surface area contributed by atoms with Gasteiger partial charge in [0.05, 0.1) is 0 Å². The Kier molecular flexibility index (Phi) is 6.82. The van der Waals surface area contributed by atoms with Crippen molar-refractivity contribution in [2.75, 3.05) is 47.8 Å². The van der Waals surface area contributed by atoms with E-state index in [1.165, 1.54) is 16.8 Å². The van der Waals surface area contributed by atoms with Crippen molar-refractivity contribution in [1.29, 1.82) is 0 Å². The molecule has 1 unspecified atom stereocenters. The normalized spacial score (nSPS) is 17.2. The summed E-state index contributed by atoms with van der Waals surface area (Å²) in [5.74, 6) is 0.130. The number of nitrogens with one attached hydrogen (secondary N) is 1. The quantitative estimate of drug-likeness (QED) is 0.581. The van der Waals surface area contributed by atoms with Gasteiger partial charge in [0.1, 0.15) is 6.04 Å². The van der Waals surface area contributed by atoms with Crippen LogP contribution in [0.2, 0.25) is 0 Å². The number of fused-ring (bicyclic) bond motifs is 1. The van der Waals surface area contributed by atoms with Gasteiger partial charge in [-0.1, -0.05) is 48.5 Å². The predicted molar refractivity (Wildman–Crippen MR) is 141 cm³/mol. The Morgan fingerprint density at radius 1 is 0.853 bits per heavy atom. The second-order valence-corrected chi connectivity index (χ2v) is 9.38. The van der Waals surface area contributed by atoms with Crippen LogP contribution in [0.4, 0.5) is 17.1 Å². The maximum absolute atomic E-state index is 13.2. The fourth-order valence-corrected chi connectivity index (χ4v) is 5.08. The molecule has 5 nitrogen and oxygen atoms in total. The van der Waals surface area contributed by atoms with Crippen LogP contribution in [-0.4, -0.2) is 49.6 Å². The van der Waals surface area contributed by atoms with Gasteiger partial charge < -0.3 is 15.1 Å². The topological polar surface area (TPSA) is 38.8 Å². The number of nitrogens with zero attached hydrogens (tertiary/aromatic N) is 3. The third-order valence-corrected chi connectivity index (χ3v) is 6.98. The Bertz CT molecular complexity index is 1090. The lowest BCUT2D eigenvalue weighted by atomic mass is 10.0. The summed E-state index contributed by atoms with van der Waals surface area (Å²) >= 11 is 0. The molecule has 2 heterocycles. The second-order valence-electron chi connectivity index (χ2n) is 9.38. The monoisotopic (exact) mass is 454 g/mol. The summed E-state index contributed by atoms with van der Waals surface area (Å²) in [5, 5.41) is 3.42. The molecular weight excluding hydrogens is 420 g/mol. The van der Waals surface area contributed by atoms with Crippen LogP contribution in [0.25, 0.3) is 0 Å². The van der Waals surface area contributed by atoms with Gasteiger partial charge >= 0.3 is 0 Å². The molecule has 5 rings (SSSR count). The standard InChI is InChI=1S/C29H34N4O/c1-23(29(34)33-17-7-11-25-10-5-6-12-28(25)33)30-26-13-15-27(16-14-26)32-20-18-31(19-21-32)22-24-8-3-2-4-9-24/h2-6,8-10,12-16,23,30H,7,11,17-22H2,1H3. The minimum Gasteiger partial charge on any atom is -0.374 e. The Morgan fingerprint density at radius 2 is 1.56 bits per heavy atom. The lowest BCUT2D eigenvalue weighted by Crippen LogP contribution is -2.46. The molecule has 176 valence electrons. The van der Waals surface area contributed by atoms with Gasteiger partial charge in [-0.2, -0.15) is 0 Å². The van der Waals surface area contributed by atoms with Crippen molar-refractivity contribution in [3.05, 3.63) is 90.0 Å². The fraction of sp³-hybridized carbons (Fsp3) is 0.345. The molecule has 2 aliphatic heterocycles. The number of carbonyl (C=O) groups is 1. The first-order valence-corrected chi connectivity index (χ1v) is 12.4. The van der Waals surface area contributed by atoms with Crippen LogP contribution in [0, 0.1) is 0 Å². The van der Waals surface area contributed by atoms with E-state index in [9.17, 15) is 4.79 Å². The molecule has 0 saturated carbocycles. The van der Waals surface area contributed by atoms with E-state index in [1.54, 1.807) is 0 Å². The summed E-state index contributed by atoms with van der Waals surface area (Å²) in [6.07, 6.45) is 2.06. The van der Waals surface area contributed by atoms with E-state index in [0.717, 1.165) is 63.5 Å². The molecule has 34 heavy (non-hydrogen) atoms. The number of piperazine rings is 1. The van der Waals surface area contributed by atoms with Crippen molar-refractivity contribution in [3.8, 4) is 0 Å². The van der Waals surface area contributed by atoms with Gasteiger partial charge in [-0.25, -0.2) is 0 Å². The van der Waals surface area contributed by atoms with Gasteiger partial charge in [-0.05, 0) is 61.2 Å². The minimum atomic E-state index is -0.279. The summed E-state index contributed by atoms with van der Waals surface area (Å²) in [5.41, 5.74) is 5.94. The number of carbonyl (C=O) groups excluding carboxylic acids is 1. The van der Waals surface area contributed by atoms with E-state index in [4.69, 9.17) is 0 Å². The number of para-hydroxylation sites is 1.